The van der Waals surface area contributed by atoms with E-state index < -0.39 is 5.54 Å². The molecule has 1 fully saturated rings. The number of hydrogen-bond acceptors (Lipinski definition) is 5. The van der Waals surface area contributed by atoms with Crippen molar-refractivity contribution in [1.29, 1.82) is 0 Å². The van der Waals surface area contributed by atoms with E-state index in [-0.39, 0.29) is 6.10 Å². The van der Waals surface area contributed by atoms with Crippen LogP contribution in [-0.2, 0) is 12.0 Å². The SMILES string of the molecule is Cc1cc2c(cc1C)OC(c1nc(C3(N)CCCC3)no1)C2. The Morgan fingerprint density at radius 3 is 2.68 bits per heavy atom. The molecule has 2 N–H and O–H groups in total. The van der Waals surface area contributed by atoms with Gasteiger partial charge in [-0.2, -0.15) is 4.98 Å². The lowest BCUT2D eigenvalue weighted by Crippen LogP contribution is -2.34. The number of fused-ring (bicyclic) bond motifs is 1. The number of ether oxygens (including phenoxy) is 1. The van der Waals surface area contributed by atoms with Gasteiger partial charge in [-0.05, 0) is 49.4 Å². The Balaban J connectivity index is 1.58. The number of hydrogen-bond donors (Lipinski definition) is 1. The summed E-state index contributed by atoms with van der Waals surface area (Å²) in [5, 5.41) is 4.12. The fourth-order valence-electron chi connectivity index (χ4n) is 3.45. The van der Waals surface area contributed by atoms with Crippen LogP contribution in [0.4, 0.5) is 0 Å². The van der Waals surface area contributed by atoms with Crippen molar-refractivity contribution in [3.63, 3.8) is 0 Å². The van der Waals surface area contributed by atoms with Crippen LogP contribution in [0.1, 0.15) is 60.2 Å². The molecule has 0 radical (unpaired) electrons. The Kier molecular flexibility index (Phi) is 3.01. The van der Waals surface area contributed by atoms with Crippen molar-refractivity contribution in [2.75, 3.05) is 0 Å². The van der Waals surface area contributed by atoms with Gasteiger partial charge in [-0.25, -0.2) is 0 Å². The summed E-state index contributed by atoms with van der Waals surface area (Å²) in [6, 6.07) is 4.27. The maximum absolute atomic E-state index is 6.39. The first-order chi connectivity index (χ1) is 10.5. The van der Waals surface area contributed by atoms with Gasteiger partial charge >= 0.3 is 0 Å². The molecule has 5 nitrogen and oxygen atoms in total. The minimum atomic E-state index is -0.416. The molecule has 0 saturated heterocycles. The first-order valence-electron chi connectivity index (χ1n) is 7.95. The van der Waals surface area contributed by atoms with E-state index in [4.69, 9.17) is 15.0 Å². The van der Waals surface area contributed by atoms with Gasteiger partial charge in [0.1, 0.15) is 5.75 Å². The topological polar surface area (TPSA) is 74.2 Å². The van der Waals surface area contributed by atoms with Crippen molar-refractivity contribution in [3.05, 3.63) is 40.5 Å². The first-order valence-corrected chi connectivity index (χ1v) is 7.95. The van der Waals surface area contributed by atoms with Gasteiger partial charge in [-0.3, -0.25) is 0 Å². The van der Waals surface area contributed by atoms with Crippen molar-refractivity contribution in [3.8, 4) is 5.75 Å². The summed E-state index contributed by atoms with van der Waals surface area (Å²) in [6.45, 7) is 4.21. The zero-order valence-corrected chi connectivity index (χ0v) is 13.1. The van der Waals surface area contributed by atoms with Crippen LogP contribution in [0.3, 0.4) is 0 Å². The van der Waals surface area contributed by atoms with Crippen LogP contribution in [0.5, 0.6) is 5.75 Å². The molecule has 0 spiro atoms. The van der Waals surface area contributed by atoms with Gasteiger partial charge < -0.3 is 15.0 Å². The van der Waals surface area contributed by atoms with Crippen LogP contribution in [0, 0.1) is 13.8 Å². The molecule has 2 aromatic rings. The largest absolute Gasteiger partial charge is 0.480 e. The van der Waals surface area contributed by atoms with Crippen LogP contribution >= 0.6 is 0 Å². The lowest BCUT2D eigenvalue weighted by molar-refractivity contribution is 0.183. The molecule has 4 rings (SSSR count). The van der Waals surface area contributed by atoms with E-state index in [0.29, 0.717) is 11.7 Å². The lowest BCUT2D eigenvalue weighted by atomic mass is 9.98. The van der Waals surface area contributed by atoms with Crippen LogP contribution < -0.4 is 10.5 Å². The van der Waals surface area contributed by atoms with Gasteiger partial charge in [-0.1, -0.05) is 24.1 Å². The Morgan fingerprint density at radius 1 is 1.18 bits per heavy atom. The Bertz CT molecular complexity index is 686. The van der Waals surface area contributed by atoms with Gasteiger partial charge in [0.2, 0.25) is 0 Å². The zero-order chi connectivity index (χ0) is 15.3. The van der Waals surface area contributed by atoms with Crippen LogP contribution in [0.2, 0.25) is 0 Å². The lowest BCUT2D eigenvalue weighted by Gasteiger charge is -2.17. The predicted octanol–water partition coefficient (Wildman–Crippen LogP) is 3.09. The third kappa shape index (κ3) is 2.11. The Labute approximate surface area is 129 Å². The summed E-state index contributed by atoms with van der Waals surface area (Å²) < 4.78 is 11.5. The molecule has 1 aromatic carbocycles. The first kappa shape index (κ1) is 13.8. The summed E-state index contributed by atoms with van der Waals surface area (Å²) in [5.74, 6) is 2.10. The monoisotopic (exact) mass is 299 g/mol. The summed E-state index contributed by atoms with van der Waals surface area (Å²) in [7, 11) is 0. The second-order valence-corrected chi connectivity index (χ2v) is 6.67. The van der Waals surface area contributed by atoms with E-state index in [1.54, 1.807) is 0 Å². The van der Waals surface area contributed by atoms with Crippen LogP contribution in [-0.4, -0.2) is 10.1 Å². The smallest absolute Gasteiger partial charge is 0.268 e. The van der Waals surface area contributed by atoms with Gasteiger partial charge in [0.25, 0.3) is 5.89 Å². The number of aromatic nitrogens is 2. The number of nitrogens with two attached hydrogens (primary N) is 1. The highest BCUT2D eigenvalue weighted by Gasteiger charge is 2.38. The molecule has 2 aliphatic rings. The van der Waals surface area contributed by atoms with Gasteiger partial charge in [0.05, 0.1) is 5.54 Å². The third-order valence-electron chi connectivity index (χ3n) is 5.01. The number of benzene rings is 1. The van der Waals surface area contributed by atoms with Crippen molar-refractivity contribution in [1.82, 2.24) is 10.1 Å². The third-order valence-corrected chi connectivity index (χ3v) is 5.01. The maximum atomic E-state index is 6.39. The van der Waals surface area contributed by atoms with E-state index >= 15 is 0 Å². The van der Waals surface area contributed by atoms with E-state index in [2.05, 4.69) is 36.1 Å². The second-order valence-electron chi connectivity index (χ2n) is 6.67. The number of rotatable bonds is 2. The molecular weight excluding hydrogens is 278 g/mol. The van der Waals surface area contributed by atoms with Gasteiger partial charge in [-0.15, -0.1) is 0 Å². The highest BCUT2D eigenvalue weighted by Crippen LogP contribution is 2.39. The van der Waals surface area contributed by atoms with E-state index in [1.807, 2.05) is 0 Å². The molecule has 1 aromatic heterocycles. The molecule has 5 heteroatoms. The molecule has 116 valence electrons. The molecule has 1 atom stereocenters. The minimum absolute atomic E-state index is 0.192. The maximum Gasteiger partial charge on any atom is 0.268 e. The quantitative estimate of drug-likeness (QED) is 0.922. The number of nitrogens with zero attached hydrogens (tertiary/aromatic N) is 2. The highest BCUT2D eigenvalue weighted by atomic mass is 16.5. The van der Waals surface area contributed by atoms with E-state index in [9.17, 15) is 0 Å². The summed E-state index contributed by atoms with van der Waals surface area (Å²) in [5.41, 5.74) is 9.69. The summed E-state index contributed by atoms with van der Waals surface area (Å²) in [4.78, 5) is 4.55. The van der Waals surface area contributed by atoms with E-state index in [0.717, 1.165) is 37.9 Å². The minimum Gasteiger partial charge on any atom is -0.480 e. The second kappa shape index (κ2) is 4.81. The molecular formula is C17H21N3O2. The zero-order valence-electron chi connectivity index (χ0n) is 13.1. The molecule has 2 heterocycles. The van der Waals surface area contributed by atoms with E-state index in [1.165, 1.54) is 16.7 Å². The summed E-state index contributed by atoms with van der Waals surface area (Å²) in [6.07, 6.45) is 4.69. The Hall–Kier alpha value is -1.88. The van der Waals surface area contributed by atoms with Crippen molar-refractivity contribution >= 4 is 0 Å². The molecule has 1 unspecified atom stereocenters. The molecule has 1 aliphatic carbocycles. The normalized spacial score (nSPS) is 22.6. The van der Waals surface area contributed by atoms with Gasteiger partial charge in [0, 0.05) is 6.42 Å². The predicted molar refractivity (Wildman–Crippen MR) is 81.6 cm³/mol. The number of aryl methyl sites for hydroxylation is 2. The fraction of sp³-hybridized carbons (Fsp3) is 0.529. The molecule has 22 heavy (non-hydrogen) atoms. The molecule has 1 aliphatic heterocycles. The molecule has 0 bridgehead atoms. The fourth-order valence-corrected chi connectivity index (χ4v) is 3.45. The van der Waals surface area contributed by atoms with Crippen molar-refractivity contribution < 1.29 is 9.26 Å². The standard InChI is InChI=1S/C17H21N3O2/c1-10-7-12-9-14(21-13(12)8-11(10)2)15-19-16(20-22-15)17(18)5-3-4-6-17/h7-8,14H,3-6,9,18H2,1-2H3. The van der Waals surface area contributed by atoms with Crippen molar-refractivity contribution in [2.24, 2.45) is 5.73 Å². The van der Waals surface area contributed by atoms with Crippen molar-refractivity contribution in [2.45, 2.75) is 57.6 Å². The van der Waals surface area contributed by atoms with Crippen LogP contribution in [0.25, 0.3) is 0 Å². The average Bonchev–Trinajstić information content (AvgIpc) is 3.18. The highest BCUT2D eigenvalue weighted by molar-refractivity contribution is 5.44. The van der Waals surface area contributed by atoms with Crippen LogP contribution in [0.15, 0.2) is 16.7 Å². The Morgan fingerprint density at radius 2 is 1.91 bits per heavy atom. The summed E-state index contributed by atoms with van der Waals surface area (Å²) >= 11 is 0. The molecule has 1 saturated carbocycles. The van der Waals surface area contributed by atoms with Gasteiger partial charge in [0.15, 0.2) is 11.9 Å². The average molecular weight is 299 g/mol. The molecule has 0 amide bonds.